The molecule has 9 nitrogen and oxygen atoms in total. The Morgan fingerprint density at radius 2 is 1.65 bits per heavy atom. The number of carbonyl (C=O) groups excluding carboxylic acids is 3. The zero-order chi connectivity index (χ0) is 18.0. The van der Waals surface area contributed by atoms with Crippen LogP contribution in [-0.2, 0) is 14.4 Å². The summed E-state index contributed by atoms with van der Waals surface area (Å²) in [5, 5.41) is 5.16. The summed E-state index contributed by atoms with van der Waals surface area (Å²) in [5.41, 5.74) is 15.7. The van der Waals surface area contributed by atoms with E-state index in [0.29, 0.717) is 25.8 Å². The van der Waals surface area contributed by atoms with Crippen molar-refractivity contribution in [2.24, 2.45) is 28.1 Å². The molecule has 0 aromatic rings. The first kappa shape index (κ1) is 20.7. The molecule has 0 heterocycles. The third-order valence-electron chi connectivity index (χ3n) is 3.01. The second-order valence-electron chi connectivity index (χ2n) is 5.80. The van der Waals surface area contributed by atoms with Crippen molar-refractivity contribution < 1.29 is 14.4 Å². The van der Waals surface area contributed by atoms with Gasteiger partial charge in [0.15, 0.2) is 5.96 Å². The lowest BCUT2D eigenvalue weighted by Gasteiger charge is -2.22. The number of guanidine groups is 1. The van der Waals surface area contributed by atoms with Crippen molar-refractivity contribution in [1.82, 2.24) is 10.6 Å². The Bertz CT molecular complexity index is 446. The molecule has 9 heteroatoms. The monoisotopic (exact) mass is 328 g/mol. The normalized spacial score (nSPS) is 13.0. The van der Waals surface area contributed by atoms with E-state index in [1.807, 2.05) is 13.8 Å². The number of hydrogen-bond acceptors (Lipinski definition) is 4. The van der Waals surface area contributed by atoms with E-state index in [1.54, 1.807) is 0 Å². The molecular weight excluding hydrogens is 300 g/mol. The van der Waals surface area contributed by atoms with E-state index in [0.717, 1.165) is 0 Å². The number of amides is 3. The largest absolute Gasteiger partial charge is 0.370 e. The van der Waals surface area contributed by atoms with Gasteiger partial charge in [-0.25, -0.2) is 0 Å². The van der Waals surface area contributed by atoms with Crippen molar-refractivity contribution in [3.8, 4) is 0 Å². The molecular formula is C14H28N6O3. The Morgan fingerprint density at radius 1 is 1.04 bits per heavy atom. The number of nitrogens with two attached hydrogens (primary N) is 3. The summed E-state index contributed by atoms with van der Waals surface area (Å²) in [4.78, 5) is 38.7. The van der Waals surface area contributed by atoms with Crippen molar-refractivity contribution >= 4 is 23.7 Å². The molecule has 0 aliphatic heterocycles. The molecule has 132 valence electrons. The van der Waals surface area contributed by atoms with Gasteiger partial charge in [0.1, 0.15) is 12.1 Å². The lowest BCUT2D eigenvalue weighted by molar-refractivity contribution is -0.131. The van der Waals surface area contributed by atoms with Gasteiger partial charge in [0.25, 0.3) is 0 Å². The third kappa shape index (κ3) is 10.1. The van der Waals surface area contributed by atoms with Crippen LogP contribution in [0, 0.1) is 5.92 Å². The van der Waals surface area contributed by atoms with Crippen LogP contribution >= 0.6 is 0 Å². The molecule has 0 unspecified atom stereocenters. The minimum Gasteiger partial charge on any atom is -0.370 e. The molecule has 23 heavy (non-hydrogen) atoms. The minimum absolute atomic E-state index is 0.0349. The molecule has 0 aromatic heterocycles. The number of rotatable bonds is 10. The fraction of sp³-hybridized carbons (Fsp3) is 0.714. The average Bonchev–Trinajstić information content (AvgIpc) is 2.39. The molecule has 2 atom stereocenters. The number of nitrogens with one attached hydrogen (secondary N) is 2. The van der Waals surface area contributed by atoms with Crippen molar-refractivity contribution in [2.45, 2.75) is 52.1 Å². The predicted molar refractivity (Wildman–Crippen MR) is 88.1 cm³/mol. The number of carbonyl (C=O) groups is 3. The van der Waals surface area contributed by atoms with Crippen molar-refractivity contribution in [2.75, 3.05) is 6.54 Å². The molecule has 3 amide bonds. The molecule has 0 saturated heterocycles. The average molecular weight is 328 g/mol. The van der Waals surface area contributed by atoms with E-state index in [2.05, 4.69) is 15.6 Å². The van der Waals surface area contributed by atoms with Crippen LogP contribution in [0.4, 0.5) is 0 Å². The third-order valence-corrected chi connectivity index (χ3v) is 3.01. The van der Waals surface area contributed by atoms with Crippen LogP contribution in [-0.4, -0.2) is 42.3 Å². The lowest BCUT2D eigenvalue weighted by Crippen LogP contribution is -2.53. The zero-order valence-electron chi connectivity index (χ0n) is 14.0. The summed E-state index contributed by atoms with van der Waals surface area (Å²) >= 11 is 0. The topological polar surface area (TPSA) is 166 Å². The Hall–Kier alpha value is -2.32. The van der Waals surface area contributed by atoms with E-state index in [4.69, 9.17) is 17.2 Å². The molecule has 0 spiro atoms. The van der Waals surface area contributed by atoms with E-state index in [-0.39, 0.29) is 17.8 Å². The quantitative estimate of drug-likeness (QED) is 0.188. The van der Waals surface area contributed by atoms with Gasteiger partial charge >= 0.3 is 0 Å². The fourth-order valence-corrected chi connectivity index (χ4v) is 2.01. The van der Waals surface area contributed by atoms with Gasteiger partial charge in [-0.2, -0.15) is 0 Å². The van der Waals surface area contributed by atoms with E-state index in [9.17, 15) is 14.4 Å². The molecule has 0 fully saturated rings. The predicted octanol–water partition coefficient (Wildman–Crippen LogP) is -1.44. The van der Waals surface area contributed by atoms with E-state index in [1.165, 1.54) is 6.92 Å². The second kappa shape index (κ2) is 10.4. The highest BCUT2D eigenvalue weighted by Gasteiger charge is 2.25. The second-order valence-corrected chi connectivity index (χ2v) is 5.80. The van der Waals surface area contributed by atoms with Gasteiger partial charge in [0.2, 0.25) is 17.7 Å². The standard InChI is InChI=1S/C14H28N6O3/c1-8(2)7-11(19-9(3)21)13(23)20-10(12(15)22)5-4-6-18-14(16)17/h8,10-11H,4-7H2,1-3H3,(H2,15,22)(H,19,21)(H,20,23)(H4,16,17,18)/t10-,11+/m0/s1. The summed E-state index contributed by atoms with van der Waals surface area (Å²) in [6.45, 7) is 5.54. The highest BCUT2D eigenvalue weighted by molar-refractivity contribution is 5.91. The van der Waals surface area contributed by atoms with Crippen molar-refractivity contribution in [3.05, 3.63) is 0 Å². The smallest absolute Gasteiger partial charge is 0.243 e. The Balaban J connectivity index is 4.68. The fourth-order valence-electron chi connectivity index (χ4n) is 2.01. The summed E-state index contributed by atoms with van der Waals surface area (Å²) in [6.07, 6.45) is 1.26. The molecule has 0 aromatic carbocycles. The lowest BCUT2D eigenvalue weighted by atomic mass is 10.0. The van der Waals surface area contributed by atoms with Crippen LogP contribution in [0.1, 0.15) is 40.0 Å². The number of primary amides is 1. The molecule has 0 radical (unpaired) electrons. The Kier molecular flexibility index (Phi) is 9.36. The first-order valence-corrected chi connectivity index (χ1v) is 7.55. The number of hydrogen-bond donors (Lipinski definition) is 5. The first-order valence-electron chi connectivity index (χ1n) is 7.55. The van der Waals surface area contributed by atoms with Crippen molar-refractivity contribution in [1.29, 1.82) is 0 Å². The van der Waals surface area contributed by atoms with Crippen molar-refractivity contribution in [3.63, 3.8) is 0 Å². The van der Waals surface area contributed by atoms with E-state index < -0.39 is 23.9 Å². The summed E-state index contributed by atoms with van der Waals surface area (Å²) in [5.74, 6) is -1.22. The molecule has 0 bridgehead atoms. The van der Waals surface area contributed by atoms with Gasteiger partial charge in [-0.15, -0.1) is 0 Å². The summed E-state index contributed by atoms with van der Waals surface area (Å²) in [6, 6.07) is -1.54. The molecule has 0 aliphatic rings. The van der Waals surface area contributed by atoms with Gasteiger partial charge in [-0.3, -0.25) is 19.4 Å². The van der Waals surface area contributed by atoms with Gasteiger partial charge in [0.05, 0.1) is 0 Å². The zero-order valence-corrected chi connectivity index (χ0v) is 14.0. The van der Waals surface area contributed by atoms with Crippen LogP contribution in [0.3, 0.4) is 0 Å². The van der Waals surface area contributed by atoms with Crippen LogP contribution in [0.25, 0.3) is 0 Å². The maximum absolute atomic E-state index is 12.3. The van der Waals surface area contributed by atoms with Crippen LogP contribution in [0.5, 0.6) is 0 Å². The SMILES string of the molecule is CC(=O)N[C@H](CC(C)C)C(=O)N[C@@H](CCCN=C(N)N)C(N)=O. The van der Waals surface area contributed by atoms with E-state index >= 15 is 0 Å². The van der Waals surface area contributed by atoms with Gasteiger partial charge in [0, 0.05) is 13.5 Å². The maximum atomic E-state index is 12.3. The summed E-state index contributed by atoms with van der Waals surface area (Å²) < 4.78 is 0. The van der Waals surface area contributed by atoms with Crippen LogP contribution in [0.15, 0.2) is 4.99 Å². The number of nitrogens with zero attached hydrogens (tertiary/aromatic N) is 1. The van der Waals surface area contributed by atoms with Crippen LogP contribution in [0.2, 0.25) is 0 Å². The molecule has 0 saturated carbocycles. The molecule has 0 rings (SSSR count). The summed E-state index contributed by atoms with van der Waals surface area (Å²) in [7, 11) is 0. The molecule has 8 N–H and O–H groups in total. The highest BCUT2D eigenvalue weighted by atomic mass is 16.2. The Labute approximate surface area is 136 Å². The van der Waals surface area contributed by atoms with Gasteiger partial charge < -0.3 is 27.8 Å². The minimum atomic E-state index is -0.833. The Morgan fingerprint density at radius 3 is 2.09 bits per heavy atom. The van der Waals surface area contributed by atoms with Gasteiger partial charge in [-0.05, 0) is 25.2 Å². The maximum Gasteiger partial charge on any atom is 0.243 e. The van der Waals surface area contributed by atoms with Gasteiger partial charge in [-0.1, -0.05) is 13.8 Å². The number of aliphatic imine (C=N–C) groups is 1. The molecule has 0 aliphatic carbocycles. The highest BCUT2D eigenvalue weighted by Crippen LogP contribution is 2.06. The van der Waals surface area contributed by atoms with Crippen LogP contribution < -0.4 is 27.8 Å². The first-order chi connectivity index (χ1) is 10.6.